The molecular weight excluding hydrogens is 300 g/mol. The summed E-state index contributed by atoms with van der Waals surface area (Å²) in [5, 5.41) is 21.3. The monoisotopic (exact) mass is 318 g/mol. The highest BCUT2D eigenvalue weighted by atomic mass is 16.3. The minimum Gasteiger partial charge on any atom is -0.508 e. The second kappa shape index (κ2) is 5.58. The summed E-state index contributed by atoms with van der Waals surface area (Å²) in [5.74, 6) is 0.238. The van der Waals surface area contributed by atoms with Crippen LogP contribution in [0.1, 0.15) is 0 Å². The Bertz CT molecular complexity index is 1030. The number of aliphatic hydroxyl groups excluding tert-OH is 1. The molecule has 0 atom stereocenters. The molecule has 0 unspecified atom stereocenters. The molecule has 1 aromatic heterocycles. The number of nitrogen functional groups attached to an aromatic ring is 1. The van der Waals surface area contributed by atoms with Crippen molar-refractivity contribution in [1.82, 2.24) is 4.57 Å². The van der Waals surface area contributed by atoms with Gasteiger partial charge in [0.15, 0.2) is 0 Å². The second-order valence-electron chi connectivity index (χ2n) is 5.90. The van der Waals surface area contributed by atoms with Crippen LogP contribution in [0.2, 0.25) is 0 Å². The van der Waals surface area contributed by atoms with E-state index in [-0.39, 0.29) is 12.4 Å². The molecule has 4 rings (SSSR count). The highest BCUT2D eigenvalue weighted by Crippen LogP contribution is 2.38. The van der Waals surface area contributed by atoms with Crippen molar-refractivity contribution in [1.29, 1.82) is 0 Å². The molecule has 4 N–H and O–H groups in total. The number of benzene rings is 3. The number of nitrogens with two attached hydrogens (primary N) is 1. The van der Waals surface area contributed by atoms with Crippen LogP contribution in [0.3, 0.4) is 0 Å². The number of aromatic nitrogens is 1. The zero-order chi connectivity index (χ0) is 16.7. The first-order valence-corrected chi connectivity index (χ1v) is 7.90. The van der Waals surface area contributed by atoms with Crippen molar-refractivity contribution in [3.8, 4) is 16.9 Å². The molecule has 0 bridgehead atoms. The van der Waals surface area contributed by atoms with Gasteiger partial charge in [-0.2, -0.15) is 0 Å². The molecule has 0 radical (unpaired) electrons. The van der Waals surface area contributed by atoms with Gasteiger partial charge in [0.1, 0.15) is 5.75 Å². The molecule has 0 saturated heterocycles. The molecule has 0 amide bonds. The Morgan fingerprint density at radius 3 is 2.42 bits per heavy atom. The zero-order valence-corrected chi connectivity index (χ0v) is 13.1. The molecule has 0 saturated carbocycles. The number of fused-ring (bicyclic) bond motifs is 3. The molecule has 0 spiro atoms. The maximum Gasteiger partial charge on any atom is 0.115 e. The number of rotatable bonds is 3. The van der Waals surface area contributed by atoms with Gasteiger partial charge in [-0.3, -0.25) is 0 Å². The van der Waals surface area contributed by atoms with E-state index in [0.717, 1.165) is 32.9 Å². The summed E-state index contributed by atoms with van der Waals surface area (Å²) in [7, 11) is 0. The van der Waals surface area contributed by atoms with E-state index >= 15 is 0 Å². The van der Waals surface area contributed by atoms with Crippen molar-refractivity contribution in [3.63, 3.8) is 0 Å². The Labute approximate surface area is 139 Å². The van der Waals surface area contributed by atoms with Gasteiger partial charge < -0.3 is 20.5 Å². The summed E-state index contributed by atoms with van der Waals surface area (Å²) in [6.07, 6.45) is 0. The third-order valence-electron chi connectivity index (χ3n) is 4.40. The van der Waals surface area contributed by atoms with Crippen molar-refractivity contribution in [2.24, 2.45) is 0 Å². The van der Waals surface area contributed by atoms with Crippen molar-refractivity contribution >= 4 is 27.5 Å². The van der Waals surface area contributed by atoms with E-state index in [0.29, 0.717) is 12.2 Å². The first-order valence-electron chi connectivity index (χ1n) is 7.90. The summed E-state index contributed by atoms with van der Waals surface area (Å²) in [5.41, 5.74) is 10.9. The first-order chi connectivity index (χ1) is 11.7. The largest absolute Gasteiger partial charge is 0.508 e. The normalized spacial score (nSPS) is 11.4. The van der Waals surface area contributed by atoms with Crippen LogP contribution in [0.25, 0.3) is 32.9 Å². The Morgan fingerprint density at radius 2 is 1.67 bits per heavy atom. The van der Waals surface area contributed by atoms with E-state index in [9.17, 15) is 10.2 Å². The maximum atomic E-state index is 9.56. The fourth-order valence-corrected chi connectivity index (χ4v) is 3.40. The standard InChI is InChI=1S/C20H18N2O2/c21-14-11-17(13-5-7-15(24)8-6-13)20-16-3-1-2-4-18(16)22(9-10-23)19(20)12-14/h1-8,11-12,23-24H,9-10,21H2. The molecule has 1 heterocycles. The number of nitrogens with zero attached hydrogens (tertiary/aromatic N) is 1. The van der Waals surface area contributed by atoms with Gasteiger partial charge in [0.05, 0.1) is 12.1 Å². The number of hydrogen-bond acceptors (Lipinski definition) is 3. The van der Waals surface area contributed by atoms with Crippen LogP contribution < -0.4 is 5.73 Å². The molecule has 3 aromatic carbocycles. The summed E-state index contributed by atoms with van der Waals surface area (Å²) in [6, 6.07) is 19.2. The molecule has 4 heteroatoms. The van der Waals surface area contributed by atoms with Crippen LogP contribution in [0, 0.1) is 0 Å². The lowest BCUT2D eigenvalue weighted by Crippen LogP contribution is -2.01. The van der Waals surface area contributed by atoms with E-state index in [4.69, 9.17) is 5.73 Å². The molecular formula is C20H18N2O2. The molecule has 0 aliphatic heterocycles. The minimum atomic E-state index is 0.0666. The fraction of sp³-hybridized carbons (Fsp3) is 0.100. The number of phenolic OH excluding ortho intramolecular Hbond substituents is 1. The van der Waals surface area contributed by atoms with E-state index in [1.165, 1.54) is 0 Å². The van der Waals surface area contributed by atoms with E-state index in [2.05, 4.69) is 16.7 Å². The highest BCUT2D eigenvalue weighted by Gasteiger charge is 2.15. The lowest BCUT2D eigenvalue weighted by atomic mass is 9.98. The summed E-state index contributed by atoms with van der Waals surface area (Å²) in [4.78, 5) is 0. The lowest BCUT2D eigenvalue weighted by Gasteiger charge is -2.09. The van der Waals surface area contributed by atoms with Crippen LogP contribution in [0.5, 0.6) is 5.75 Å². The van der Waals surface area contributed by atoms with Crippen molar-refractivity contribution in [2.45, 2.75) is 6.54 Å². The predicted molar refractivity (Wildman–Crippen MR) is 98.0 cm³/mol. The Hall–Kier alpha value is -2.98. The third kappa shape index (κ3) is 2.20. The molecule has 0 fully saturated rings. The molecule has 24 heavy (non-hydrogen) atoms. The van der Waals surface area contributed by atoms with Crippen LogP contribution in [-0.4, -0.2) is 21.4 Å². The van der Waals surface area contributed by atoms with E-state index in [1.807, 2.05) is 36.4 Å². The van der Waals surface area contributed by atoms with Gasteiger partial charge in [0.25, 0.3) is 0 Å². The molecule has 4 nitrogen and oxygen atoms in total. The molecule has 120 valence electrons. The van der Waals surface area contributed by atoms with Crippen LogP contribution in [0.4, 0.5) is 5.69 Å². The average molecular weight is 318 g/mol. The number of aliphatic hydroxyl groups is 1. The fourth-order valence-electron chi connectivity index (χ4n) is 3.40. The SMILES string of the molecule is Nc1cc(-c2ccc(O)cc2)c2c3ccccc3n(CCO)c2c1. The van der Waals surface area contributed by atoms with E-state index in [1.54, 1.807) is 12.1 Å². The van der Waals surface area contributed by atoms with Crippen molar-refractivity contribution in [2.75, 3.05) is 12.3 Å². The molecule has 0 aliphatic rings. The maximum absolute atomic E-state index is 9.56. The summed E-state index contributed by atoms with van der Waals surface area (Å²) in [6.45, 7) is 0.583. The Morgan fingerprint density at radius 1 is 0.917 bits per heavy atom. The number of anilines is 1. The van der Waals surface area contributed by atoms with Crippen LogP contribution in [0.15, 0.2) is 60.7 Å². The number of hydrogen-bond donors (Lipinski definition) is 3. The summed E-state index contributed by atoms with van der Waals surface area (Å²) < 4.78 is 2.10. The Balaban J connectivity index is 2.14. The van der Waals surface area contributed by atoms with Gasteiger partial charge in [-0.1, -0.05) is 30.3 Å². The third-order valence-corrected chi connectivity index (χ3v) is 4.40. The van der Waals surface area contributed by atoms with Crippen LogP contribution in [-0.2, 0) is 6.54 Å². The molecule has 0 aliphatic carbocycles. The Kier molecular flexibility index (Phi) is 3.40. The smallest absolute Gasteiger partial charge is 0.115 e. The van der Waals surface area contributed by atoms with Crippen molar-refractivity contribution < 1.29 is 10.2 Å². The van der Waals surface area contributed by atoms with Gasteiger partial charge in [-0.25, -0.2) is 0 Å². The average Bonchev–Trinajstić information content (AvgIpc) is 2.89. The van der Waals surface area contributed by atoms with Gasteiger partial charge in [0.2, 0.25) is 0 Å². The predicted octanol–water partition coefficient (Wildman–Crippen LogP) is 3.74. The van der Waals surface area contributed by atoms with Gasteiger partial charge in [-0.05, 0) is 41.5 Å². The summed E-state index contributed by atoms with van der Waals surface area (Å²) >= 11 is 0. The number of para-hydroxylation sites is 1. The number of phenols is 1. The topological polar surface area (TPSA) is 71.4 Å². The number of aromatic hydroxyl groups is 1. The van der Waals surface area contributed by atoms with Crippen LogP contribution >= 0.6 is 0 Å². The molecule has 4 aromatic rings. The zero-order valence-electron chi connectivity index (χ0n) is 13.1. The van der Waals surface area contributed by atoms with Gasteiger partial charge >= 0.3 is 0 Å². The van der Waals surface area contributed by atoms with Crippen molar-refractivity contribution in [3.05, 3.63) is 60.7 Å². The van der Waals surface area contributed by atoms with E-state index < -0.39 is 0 Å². The minimum absolute atomic E-state index is 0.0666. The van der Waals surface area contributed by atoms with Gasteiger partial charge in [-0.15, -0.1) is 0 Å². The quantitative estimate of drug-likeness (QED) is 0.504. The first kappa shape index (κ1) is 14.6. The second-order valence-corrected chi connectivity index (χ2v) is 5.90. The highest BCUT2D eigenvalue weighted by molar-refractivity contribution is 6.15. The van der Waals surface area contributed by atoms with Gasteiger partial charge in [0, 0.05) is 28.5 Å². The lowest BCUT2D eigenvalue weighted by molar-refractivity contribution is 0.280.